The van der Waals surface area contributed by atoms with Crippen LogP contribution in [0.5, 0.6) is 0 Å². The van der Waals surface area contributed by atoms with Gasteiger partial charge in [-0.25, -0.2) is 0 Å². The number of pyridine rings is 1. The molecule has 1 aromatic rings. The molecule has 0 radical (unpaired) electrons. The van der Waals surface area contributed by atoms with Crippen LogP contribution in [0.25, 0.3) is 0 Å². The number of carboxylic acid groups (broad SMARTS) is 1. The van der Waals surface area contributed by atoms with Crippen LogP contribution >= 0.6 is 0 Å². The van der Waals surface area contributed by atoms with Crippen molar-refractivity contribution >= 4 is 5.97 Å². The third kappa shape index (κ3) is 3.98. The van der Waals surface area contributed by atoms with Gasteiger partial charge >= 0.3 is 5.97 Å². The minimum absolute atomic E-state index is 0.344. The summed E-state index contributed by atoms with van der Waals surface area (Å²) in [5.41, 5.74) is 0.974. The summed E-state index contributed by atoms with van der Waals surface area (Å²) in [7, 11) is 0. The third-order valence-electron chi connectivity index (χ3n) is 2.51. The fourth-order valence-corrected chi connectivity index (χ4v) is 1.49. The van der Waals surface area contributed by atoms with Gasteiger partial charge in [0.15, 0.2) is 0 Å². The molecule has 1 unspecified atom stereocenters. The number of aliphatic carboxylic acids is 1. The Balaban J connectivity index is 2.53. The SMILES string of the molecule is CCN(Cc1ccccn1)CC(C)C(=O)O. The highest BCUT2D eigenvalue weighted by molar-refractivity contribution is 5.69. The lowest BCUT2D eigenvalue weighted by atomic mass is 10.1. The zero-order valence-electron chi connectivity index (χ0n) is 9.76. The Hall–Kier alpha value is -1.42. The number of hydrogen-bond acceptors (Lipinski definition) is 3. The van der Waals surface area contributed by atoms with E-state index in [2.05, 4.69) is 9.88 Å². The Morgan fingerprint density at radius 1 is 1.56 bits per heavy atom. The molecule has 1 atom stereocenters. The van der Waals surface area contributed by atoms with Gasteiger partial charge in [-0.15, -0.1) is 0 Å². The van der Waals surface area contributed by atoms with Gasteiger partial charge in [0.25, 0.3) is 0 Å². The molecule has 0 spiro atoms. The summed E-state index contributed by atoms with van der Waals surface area (Å²) in [6.45, 7) is 5.84. The molecule has 4 nitrogen and oxygen atoms in total. The largest absolute Gasteiger partial charge is 0.481 e. The Labute approximate surface area is 95.9 Å². The molecule has 16 heavy (non-hydrogen) atoms. The van der Waals surface area contributed by atoms with Gasteiger partial charge in [-0.3, -0.25) is 14.7 Å². The van der Waals surface area contributed by atoms with E-state index < -0.39 is 5.97 Å². The summed E-state index contributed by atoms with van der Waals surface area (Å²) in [5, 5.41) is 8.85. The molecule has 0 aromatic carbocycles. The maximum Gasteiger partial charge on any atom is 0.307 e. The Morgan fingerprint density at radius 3 is 2.81 bits per heavy atom. The summed E-state index contributed by atoms with van der Waals surface area (Å²) in [6.07, 6.45) is 1.75. The highest BCUT2D eigenvalue weighted by Crippen LogP contribution is 2.05. The lowest BCUT2D eigenvalue weighted by Crippen LogP contribution is -2.31. The highest BCUT2D eigenvalue weighted by atomic mass is 16.4. The van der Waals surface area contributed by atoms with Crippen LogP contribution in [0.3, 0.4) is 0 Å². The first-order chi connectivity index (χ1) is 7.63. The molecular weight excluding hydrogens is 204 g/mol. The van der Waals surface area contributed by atoms with E-state index in [1.54, 1.807) is 13.1 Å². The fraction of sp³-hybridized carbons (Fsp3) is 0.500. The van der Waals surface area contributed by atoms with Gasteiger partial charge in [0.2, 0.25) is 0 Å². The van der Waals surface area contributed by atoms with E-state index in [0.29, 0.717) is 13.1 Å². The van der Waals surface area contributed by atoms with Crippen molar-refractivity contribution in [2.75, 3.05) is 13.1 Å². The summed E-state index contributed by atoms with van der Waals surface area (Å²) in [5.74, 6) is -1.09. The first-order valence-electron chi connectivity index (χ1n) is 5.48. The summed E-state index contributed by atoms with van der Waals surface area (Å²) >= 11 is 0. The van der Waals surface area contributed by atoms with E-state index in [4.69, 9.17) is 5.11 Å². The van der Waals surface area contributed by atoms with Crippen molar-refractivity contribution in [3.63, 3.8) is 0 Å². The van der Waals surface area contributed by atoms with Crippen molar-refractivity contribution in [3.05, 3.63) is 30.1 Å². The summed E-state index contributed by atoms with van der Waals surface area (Å²) < 4.78 is 0. The number of hydrogen-bond donors (Lipinski definition) is 1. The molecule has 1 aromatic heterocycles. The van der Waals surface area contributed by atoms with E-state index in [1.165, 1.54) is 0 Å². The van der Waals surface area contributed by atoms with Gasteiger partial charge in [-0.05, 0) is 18.7 Å². The normalized spacial score (nSPS) is 12.7. The maximum atomic E-state index is 10.8. The average molecular weight is 222 g/mol. The second kappa shape index (κ2) is 6.23. The number of carbonyl (C=O) groups is 1. The predicted octanol–water partition coefficient (Wildman–Crippen LogP) is 1.62. The lowest BCUT2D eigenvalue weighted by molar-refractivity contribution is -0.141. The van der Waals surface area contributed by atoms with E-state index >= 15 is 0 Å². The van der Waals surface area contributed by atoms with Gasteiger partial charge in [-0.2, -0.15) is 0 Å². The molecular formula is C12H18N2O2. The number of carboxylic acids is 1. The summed E-state index contributed by atoms with van der Waals surface area (Å²) in [6, 6.07) is 5.77. The smallest absolute Gasteiger partial charge is 0.307 e. The molecule has 0 saturated heterocycles. The molecule has 1 N–H and O–H groups in total. The average Bonchev–Trinajstić information content (AvgIpc) is 2.29. The maximum absolute atomic E-state index is 10.8. The molecule has 0 aliphatic heterocycles. The van der Waals surface area contributed by atoms with Crippen molar-refractivity contribution in [1.82, 2.24) is 9.88 Å². The van der Waals surface area contributed by atoms with Crippen LogP contribution in [0.2, 0.25) is 0 Å². The zero-order valence-corrected chi connectivity index (χ0v) is 9.76. The zero-order chi connectivity index (χ0) is 12.0. The second-order valence-electron chi connectivity index (χ2n) is 3.89. The van der Waals surface area contributed by atoms with Gasteiger partial charge < -0.3 is 5.11 Å². The molecule has 0 bridgehead atoms. The van der Waals surface area contributed by atoms with E-state index in [9.17, 15) is 4.79 Å². The molecule has 0 aliphatic rings. The second-order valence-corrected chi connectivity index (χ2v) is 3.89. The fourth-order valence-electron chi connectivity index (χ4n) is 1.49. The topological polar surface area (TPSA) is 53.4 Å². The molecule has 0 aliphatic carbocycles. The van der Waals surface area contributed by atoms with E-state index in [-0.39, 0.29) is 5.92 Å². The first kappa shape index (κ1) is 12.6. The Morgan fingerprint density at radius 2 is 2.31 bits per heavy atom. The number of rotatable bonds is 6. The molecule has 1 heterocycles. The Kier molecular flexibility index (Phi) is 4.92. The first-order valence-corrected chi connectivity index (χ1v) is 5.48. The van der Waals surface area contributed by atoms with Crippen LogP contribution < -0.4 is 0 Å². The van der Waals surface area contributed by atoms with Crippen LogP contribution in [0.1, 0.15) is 19.5 Å². The molecule has 0 fully saturated rings. The van der Waals surface area contributed by atoms with Gasteiger partial charge in [-0.1, -0.05) is 19.9 Å². The minimum atomic E-state index is -0.750. The summed E-state index contributed by atoms with van der Waals surface area (Å²) in [4.78, 5) is 17.1. The van der Waals surface area contributed by atoms with Crippen molar-refractivity contribution < 1.29 is 9.90 Å². The van der Waals surface area contributed by atoms with Gasteiger partial charge in [0, 0.05) is 19.3 Å². The van der Waals surface area contributed by atoms with Crippen LogP contribution in [0.15, 0.2) is 24.4 Å². The van der Waals surface area contributed by atoms with Gasteiger partial charge in [0.1, 0.15) is 0 Å². The van der Waals surface area contributed by atoms with E-state index in [1.807, 2.05) is 25.1 Å². The monoisotopic (exact) mass is 222 g/mol. The van der Waals surface area contributed by atoms with Crippen LogP contribution in [-0.4, -0.2) is 34.0 Å². The minimum Gasteiger partial charge on any atom is -0.481 e. The van der Waals surface area contributed by atoms with Crippen molar-refractivity contribution in [2.45, 2.75) is 20.4 Å². The predicted molar refractivity (Wildman–Crippen MR) is 62.0 cm³/mol. The molecule has 4 heteroatoms. The third-order valence-corrected chi connectivity index (χ3v) is 2.51. The molecule has 0 saturated carbocycles. The Bertz CT molecular complexity index is 327. The van der Waals surface area contributed by atoms with Gasteiger partial charge in [0.05, 0.1) is 11.6 Å². The van der Waals surface area contributed by atoms with Crippen molar-refractivity contribution in [2.24, 2.45) is 5.92 Å². The quantitative estimate of drug-likeness (QED) is 0.794. The lowest BCUT2D eigenvalue weighted by Gasteiger charge is -2.21. The van der Waals surface area contributed by atoms with E-state index in [0.717, 1.165) is 12.2 Å². The van der Waals surface area contributed by atoms with Crippen molar-refractivity contribution in [3.8, 4) is 0 Å². The van der Waals surface area contributed by atoms with Crippen molar-refractivity contribution in [1.29, 1.82) is 0 Å². The van der Waals surface area contributed by atoms with Crippen LogP contribution in [-0.2, 0) is 11.3 Å². The van der Waals surface area contributed by atoms with Crippen LogP contribution in [0, 0.1) is 5.92 Å². The number of aromatic nitrogens is 1. The molecule has 1 rings (SSSR count). The molecule has 0 amide bonds. The highest BCUT2D eigenvalue weighted by Gasteiger charge is 2.15. The van der Waals surface area contributed by atoms with Crippen LogP contribution in [0.4, 0.5) is 0 Å². The number of nitrogens with zero attached hydrogens (tertiary/aromatic N) is 2. The standard InChI is InChI=1S/C12H18N2O2/c1-3-14(8-10(2)12(15)16)9-11-6-4-5-7-13-11/h4-7,10H,3,8-9H2,1-2H3,(H,15,16). The molecule has 88 valence electrons.